The summed E-state index contributed by atoms with van der Waals surface area (Å²) in [6.45, 7) is 0. The molecule has 1 aromatic heterocycles. The summed E-state index contributed by atoms with van der Waals surface area (Å²) >= 11 is 0. The van der Waals surface area contributed by atoms with E-state index in [0.717, 1.165) is 27.5 Å². The summed E-state index contributed by atoms with van der Waals surface area (Å²) in [7, 11) is 1.60. The number of nitrogens with zero attached hydrogens (tertiary/aromatic N) is 1. The summed E-state index contributed by atoms with van der Waals surface area (Å²) in [5, 5.41) is 7.04. The molecule has 26 heavy (non-hydrogen) atoms. The van der Waals surface area contributed by atoms with Crippen molar-refractivity contribution in [3.8, 4) is 5.75 Å². The van der Waals surface area contributed by atoms with E-state index < -0.39 is 5.91 Å². The normalized spacial score (nSPS) is 11.3. The van der Waals surface area contributed by atoms with Gasteiger partial charge in [-0.15, -0.1) is 0 Å². The van der Waals surface area contributed by atoms with E-state index in [1.165, 1.54) is 0 Å². The molecule has 0 aliphatic rings. The Labute approximate surface area is 149 Å². The highest BCUT2D eigenvalue weighted by Gasteiger charge is 2.13. The molecular formula is C21H16N2O3. The van der Waals surface area contributed by atoms with Crippen LogP contribution in [0.2, 0.25) is 0 Å². The maximum atomic E-state index is 12.3. The molecule has 0 bridgehead atoms. The Hall–Kier alpha value is -3.60. The monoisotopic (exact) mass is 344 g/mol. The average molecular weight is 344 g/mol. The molecule has 0 radical (unpaired) electrons. The fraction of sp³-hybridized carbons (Fsp3) is 0.0476. The number of furan rings is 1. The van der Waals surface area contributed by atoms with E-state index in [1.54, 1.807) is 19.4 Å². The van der Waals surface area contributed by atoms with Gasteiger partial charge in [0.1, 0.15) is 11.3 Å². The minimum Gasteiger partial charge on any atom is -0.497 e. The van der Waals surface area contributed by atoms with Crippen molar-refractivity contribution in [2.75, 3.05) is 7.11 Å². The Kier molecular flexibility index (Phi) is 4.11. The van der Waals surface area contributed by atoms with Crippen molar-refractivity contribution in [2.45, 2.75) is 0 Å². The highest BCUT2D eigenvalue weighted by Crippen LogP contribution is 2.28. The van der Waals surface area contributed by atoms with Crippen molar-refractivity contribution >= 4 is 33.9 Å². The van der Waals surface area contributed by atoms with Crippen molar-refractivity contribution in [3.63, 3.8) is 0 Å². The van der Waals surface area contributed by atoms with E-state index in [9.17, 15) is 4.79 Å². The number of hydrogen-bond donors (Lipinski definition) is 1. The van der Waals surface area contributed by atoms with Gasteiger partial charge in [-0.1, -0.05) is 42.5 Å². The van der Waals surface area contributed by atoms with Gasteiger partial charge in [-0.05, 0) is 40.6 Å². The lowest BCUT2D eigenvalue weighted by atomic mass is 10.1. The fourth-order valence-corrected chi connectivity index (χ4v) is 2.85. The average Bonchev–Trinajstić information content (AvgIpc) is 3.13. The molecule has 0 aliphatic carbocycles. The third-order valence-corrected chi connectivity index (χ3v) is 4.12. The van der Waals surface area contributed by atoms with Crippen LogP contribution in [0.25, 0.3) is 21.7 Å². The molecule has 5 heteroatoms. The van der Waals surface area contributed by atoms with Gasteiger partial charge in [0.2, 0.25) is 0 Å². The second-order valence-corrected chi connectivity index (χ2v) is 5.78. The van der Waals surface area contributed by atoms with Crippen molar-refractivity contribution < 1.29 is 13.9 Å². The number of fused-ring (bicyclic) bond motifs is 3. The second-order valence-electron chi connectivity index (χ2n) is 5.78. The standard InChI is InChI=1S/C21H16N2O3/c1-25-16-7-4-5-14(11-16)13-22-23-21(24)20-12-18-17-8-3-2-6-15(17)9-10-19(18)26-20/h2-13H,1H3,(H,23,24). The lowest BCUT2D eigenvalue weighted by Crippen LogP contribution is -2.16. The van der Waals surface area contributed by atoms with Crippen molar-refractivity contribution in [1.82, 2.24) is 5.43 Å². The molecule has 0 saturated heterocycles. The smallest absolute Gasteiger partial charge is 0.307 e. The van der Waals surface area contributed by atoms with Crippen LogP contribution in [-0.4, -0.2) is 19.2 Å². The van der Waals surface area contributed by atoms with Gasteiger partial charge in [0.15, 0.2) is 5.76 Å². The largest absolute Gasteiger partial charge is 0.497 e. The van der Waals surface area contributed by atoms with Crippen molar-refractivity contribution in [1.29, 1.82) is 0 Å². The number of rotatable bonds is 4. The van der Waals surface area contributed by atoms with Crippen molar-refractivity contribution in [2.24, 2.45) is 5.10 Å². The predicted octanol–water partition coefficient (Wildman–Crippen LogP) is 4.36. The maximum absolute atomic E-state index is 12.3. The molecule has 0 atom stereocenters. The summed E-state index contributed by atoms with van der Waals surface area (Å²) in [6, 6.07) is 21.0. The molecule has 0 saturated carbocycles. The van der Waals surface area contributed by atoms with Crippen LogP contribution in [0, 0.1) is 0 Å². The summed E-state index contributed by atoms with van der Waals surface area (Å²) in [5.41, 5.74) is 3.98. The number of nitrogens with one attached hydrogen (secondary N) is 1. The zero-order chi connectivity index (χ0) is 17.9. The summed E-state index contributed by atoms with van der Waals surface area (Å²) in [6.07, 6.45) is 1.55. The van der Waals surface area contributed by atoms with Gasteiger partial charge >= 0.3 is 5.91 Å². The minimum atomic E-state index is -0.399. The number of methoxy groups -OCH3 is 1. The van der Waals surface area contributed by atoms with Crippen LogP contribution in [-0.2, 0) is 0 Å². The van der Waals surface area contributed by atoms with Crippen LogP contribution >= 0.6 is 0 Å². The highest BCUT2D eigenvalue weighted by atomic mass is 16.5. The van der Waals surface area contributed by atoms with Gasteiger partial charge in [0.05, 0.1) is 13.3 Å². The second kappa shape index (κ2) is 6.72. The fourth-order valence-electron chi connectivity index (χ4n) is 2.85. The Morgan fingerprint density at radius 1 is 1.04 bits per heavy atom. The van der Waals surface area contributed by atoms with Crippen LogP contribution in [0.1, 0.15) is 16.1 Å². The molecule has 0 aliphatic heterocycles. The first kappa shape index (κ1) is 15.9. The van der Waals surface area contributed by atoms with Crippen LogP contribution in [0.4, 0.5) is 0 Å². The summed E-state index contributed by atoms with van der Waals surface area (Å²) < 4.78 is 10.8. The van der Waals surface area contributed by atoms with Gasteiger partial charge in [-0.2, -0.15) is 5.10 Å². The molecule has 0 unspecified atom stereocenters. The lowest BCUT2D eigenvalue weighted by Gasteiger charge is -1.99. The van der Waals surface area contributed by atoms with Crippen LogP contribution in [0.3, 0.4) is 0 Å². The zero-order valence-electron chi connectivity index (χ0n) is 14.1. The van der Waals surface area contributed by atoms with E-state index in [0.29, 0.717) is 5.58 Å². The molecule has 0 fully saturated rings. The molecule has 4 rings (SSSR count). The van der Waals surface area contributed by atoms with Crippen LogP contribution in [0.15, 0.2) is 76.2 Å². The highest BCUT2D eigenvalue weighted by molar-refractivity contribution is 6.08. The summed E-state index contributed by atoms with van der Waals surface area (Å²) in [4.78, 5) is 12.3. The third-order valence-electron chi connectivity index (χ3n) is 4.12. The Morgan fingerprint density at radius 2 is 1.92 bits per heavy atom. The van der Waals surface area contributed by atoms with E-state index in [1.807, 2.05) is 60.7 Å². The van der Waals surface area contributed by atoms with E-state index in [-0.39, 0.29) is 5.76 Å². The van der Waals surface area contributed by atoms with Gasteiger partial charge in [-0.3, -0.25) is 4.79 Å². The van der Waals surface area contributed by atoms with Gasteiger partial charge < -0.3 is 9.15 Å². The zero-order valence-corrected chi connectivity index (χ0v) is 14.1. The van der Waals surface area contributed by atoms with Crippen molar-refractivity contribution in [3.05, 3.63) is 78.1 Å². The Bertz CT molecular complexity index is 1130. The number of hydrogen-bond acceptors (Lipinski definition) is 4. The van der Waals surface area contributed by atoms with E-state index in [2.05, 4.69) is 10.5 Å². The quantitative estimate of drug-likeness (QED) is 0.442. The minimum absolute atomic E-state index is 0.221. The first-order chi connectivity index (χ1) is 12.7. The molecule has 5 nitrogen and oxygen atoms in total. The molecule has 0 spiro atoms. The number of ether oxygens (including phenoxy) is 1. The topological polar surface area (TPSA) is 63.8 Å². The Balaban J connectivity index is 1.56. The third kappa shape index (κ3) is 3.02. The number of amides is 1. The molecular weight excluding hydrogens is 328 g/mol. The van der Waals surface area contributed by atoms with Gasteiger partial charge in [-0.25, -0.2) is 5.43 Å². The molecule has 1 amide bonds. The van der Waals surface area contributed by atoms with Crippen LogP contribution in [0.5, 0.6) is 5.75 Å². The van der Waals surface area contributed by atoms with Gasteiger partial charge in [0, 0.05) is 5.39 Å². The number of hydrazone groups is 1. The number of carbonyl (C=O) groups is 1. The van der Waals surface area contributed by atoms with E-state index >= 15 is 0 Å². The number of carbonyl (C=O) groups excluding carboxylic acids is 1. The van der Waals surface area contributed by atoms with E-state index in [4.69, 9.17) is 9.15 Å². The molecule has 1 heterocycles. The van der Waals surface area contributed by atoms with Gasteiger partial charge in [0.25, 0.3) is 0 Å². The SMILES string of the molecule is COc1cccc(C=NNC(=O)c2cc3c(ccc4ccccc43)o2)c1. The molecule has 128 valence electrons. The molecule has 3 aromatic carbocycles. The predicted molar refractivity (Wildman–Crippen MR) is 102 cm³/mol. The maximum Gasteiger partial charge on any atom is 0.307 e. The first-order valence-corrected chi connectivity index (χ1v) is 8.13. The lowest BCUT2D eigenvalue weighted by molar-refractivity contribution is 0.0929. The Morgan fingerprint density at radius 3 is 2.81 bits per heavy atom. The number of benzene rings is 3. The molecule has 4 aromatic rings. The first-order valence-electron chi connectivity index (χ1n) is 8.13. The molecule has 1 N–H and O–H groups in total. The summed E-state index contributed by atoms with van der Waals surface area (Å²) in [5.74, 6) is 0.549. The van der Waals surface area contributed by atoms with Crippen LogP contribution < -0.4 is 10.2 Å².